The molecule has 1 aliphatic heterocycles. The number of alkyl halides is 3. The standard InChI is InChI=1S/C24H22F3N5O4/c25-24(26,27)19-9-29-10-20(31-19)30-17-11-32(12-18(33)21(17)34)23(36)16-7-3-14(4-8-16)13-1-5-15(6-2-13)22(28)35/h1-10,17-18,21,33-34H,11-12H2,(H2,28,35)(H,30,31)/t17-,18-,21+/m0/s1. The summed E-state index contributed by atoms with van der Waals surface area (Å²) in [6.45, 7) is -0.256. The van der Waals surface area contributed by atoms with Crippen LogP contribution in [0.1, 0.15) is 26.4 Å². The van der Waals surface area contributed by atoms with Crippen molar-refractivity contribution in [3.05, 3.63) is 77.7 Å². The lowest BCUT2D eigenvalue weighted by atomic mass is 9.97. The fraction of sp³-hybridized carbons (Fsp3) is 0.250. The predicted molar refractivity (Wildman–Crippen MR) is 123 cm³/mol. The summed E-state index contributed by atoms with van der Waals surface area (Å²) in [5.41, 5.74) is 6.32. The molecule has 2 amide bonds. The third-order valence-corrected chi connectivity index (χ3v) is 5.81. The van der Waals surface area contributed by atoms with Crippen molar-refractivity contribution in [2.45, 2.75) is 24.4 Å². The number of carbonyl (C=O) groups is 2. The van der Waals surface area contributed by atoms with Crippen LogP contribution in [0.15, 0.2) is 60.9 Å². The van der Waals surface area contributed by atoms with E-state index in [-0.39, 0.29) is 18.9 Å². The van der Waals surface area contributed by atoms with Crippen molar-refractivity contribution in [3.8, 4) is 11.1 Å². The lowest BCUT2D eigenvalue weighted by Crippen LogP contribution is -2.59. The maximum absolute atomic E-state index is 13.1. The van der Waals surface area contributed by atoms with Crippen molar-refractivity contribution in [3.63, 3.8) is 0 Å². The molecule has 3 aromatic rings. The first-order chi connectivity index (χ1) is 17.0. The topological polar surface area (TPSA) is 142 Å². The molecular weight excluding hydrogens is 479 g/mol. The maximum Gasteiger partial charge on any atom is 0.434 e. The van der Waals surface area contributed by atoms with Gasteiger partial charge >= 0.3 is 6.18 Å². The summed E-state index contributed by atoms with van der Waals surface area (Å²) in [4.78, 5) is 32.6. The average Bonchev–Trinajstić information content (AvgIpc) is 2.86. The fourth-order valence-electron chi connectivity index (χ4n) is 3.90. The van der Waals surface area contributed by atoms with Gasteiger partial charge in [-0.15, -0.1) is 0 Å². The number of β-amino-alcohol motifs (C(OH)–C–C–N with tert-alkyl or cyclic N) is 1. The van der Waals surface area contributed by atoms with E-state index in [1.165, 1.54) is 4.90 Å². The summed E-state index contributed by atoms with van der Waals surface area (Å²) < 4.78 is 38.8. The maximum atomic E-state index is 13.1. The molecule has 0 saturated carbocycles. The van der Waals surface area contributed by atoms with E-state index in [2.05, 4.69) is 15.3 Å². The number of aromatic nitrogens is 2. The van der Waals surface area contributed by atoms with Gasteiger partial charge in [0.15, 0.2) is 5.69 Å². The Labute approximate surface area is 203 Å². The van der Waals surface area contributed by atoms with Gasteiger partial charge in [-0.1, -0.05) is 24.3 Å². The minimum Gasteiger partial charge on any atom is -0.388 e. The Morgan fingerprint density at radius 2 is 1.53 bits per heavy atom. The van der Waals surface area contributed by atoms with Gasteiger partial charge in [-0.3, -0.25) is 14.6 Å². The van der Waals surface area contributed by atoms with Gasteiger partial charge in [0.2, 0.25) is 5.91 Å². The number of piperidine rings is 1. The second-order valence-corrected chi connectivity index (χ2v) is 8.33. The Kier molecular flexibility index (Phi) is 6.91. The number of hydrogen-bond donors (Lipinski definition) is 4. The van der Waals surface area contributed by atoms with Crippen molar-refractivity contribution < 1.29 is 33.0 Å². The highest BCUT2D eigenvalue weighted by Crippen LogP contribution is 2.28. The molecule has 5 N–H and O–H groups in total. The number of hydrogen-bond acceptors (Lipinski definition) is 7. The zero-order valence-electron chi connectivity index (χ0n) is 18.7. The third kappa shape index (κ3) is 5.44. The van der Waals surface area contributed by atoms with E-state index in [0.717, 1.165) is 17.3 Å². The van der Waals surface area contributed by atoms with E-state index in [4.69, 9.17) is 5.73 Å². The highest BCUT2D eigenvalue weighted by molar-refractivity contribution is 5.95. The normalized spacial score (nSPS) is 20.1. The van der Waals surface area contributed by atoms with E-state index >= 15 is 0 Å². The van der Waals surface area contributed by atoms with Crippen molar-refractivity contribution in [2.75, 3.05) is 18.4 Å². The molecule has 0 spiro atoms. The molecule has 0 radical (unpaired) electrons. The highest BCUT2D eigenvalue weighted by atomic mass is 19.4. The quantitative estimate of drug-likeness (QED) is 0.419. The largest absolute Gasteiger partial charge is 0.434 e. The smallest absolute Gasteiger partial charge is 0.388 e. The van der Waals surface area contributed by atoms with Crippen LogP contribution in [0.5, 0.6) is 0 Å². The van der Waals surface area contributed by atoms with Gasteiger partial charge in [0.05, 0.1) is 24.5 Å². The summed E-state index contributed by atoms with van der Waals surface area (Å²) in [5, 5.41) is 23.3. The minimum atomic E-state index is -4.70. The monoisotopic (exact) mass is 501 g/mol. The van der Waals surface area contributed by atoms with Crippen LogP contribution in [0, 0.1) is 0 Å². The van der Waals surface area contributed by atoms with Crippen LogP contribution in [0.4, 0.5) is 19.0 Å². The number of anilines is 1. The van der Waals surface area contributed by atoms with Crippen molar-refractivity contribution in [1.82, 2.24) is 14.9 Å². The first-order valence-electron chi connectivity index (χ1n) is 10.8. The molecule has 12 heteroatoms. The van der Waals surface area contributed by atoms with Crippen LogP contribution in [-0.4, -0.2) is 68.2 Å². The molecule has 0 unspecified atom stereocenters. The van der Waals surface area contributed by atoms with Crippen molar-refractivity contribution >= 4 is 17.6 Å². The van der Waals surface area contributed by atoms with Gasteiger partial charge < -0.3 is 26.2 Å². The average molecular weight is 501 g/mol. The summed E-state index contributed by atoms with van der Waals surface area (Å²) in [6, 6.07) is 12.3. The minimum absolute atomic E-state index is 0.0919. The summed E-state index contributed by atoms with van der Waals surface area (Å²) in [7, 11) is 0. The van der Waals surface area contributed by atoms with Gasteiger partial charge in [0, 0.05) is 24.2 Å². The number of nitrogens with zero attached hydrogens (tertiary/aromatic N) is 3. The Bertz CT molecular complexity index is 1250. The van der Waals surface area contributed by atoms with Crippen molar-refractivity contribution in [2.24, 2.45) is 5.73 Å². The van der Waals surface area contributed by atoms with Gasteiger partial charge in [-0.05, 0) is 35.4 Å². The molecule has 0 bridgehead atoms. The summed E-state index contributed by atoms with van der Waals surface area (Å²) in [6.07, 6.45) is -5.75. The summed E-state index contributed by atoms with van der Waals surface area (Å²) >= 11 is 0. The molecule has 1 saturated heterocycles. The molecule has 2 aromatic carbocycles. The van der Waals surface area contributed by atoms with E-state index in [0.29, 0.717) is 17.3 Å². The first-order valence-corrected chi connectivity index (χ1v) is 10.8. The van der Waals surface area contributed by atoms with Crippen LogP contribution in [-0.2, 0) is 6.18 Å². The number of aliphatic hydroxyl groups is 2. The van der Waals surface area contributed by atoms with E-state index in [9.17, 15) is 33.0 Å². The second kappa shape index (κ2) is 9.91. The Balaban J connectivity index is 1.48. The van der Waals surface area contributed by atoms with E-state index in [1.54, 1.807) is 48.5 Å². The van der Waals surface area contributed by atoms with Gasteiger partial charge in [-0.25, -0.2) is 4.98 Å². The van der Waals surface area contributed by atoms with Crippen molar-refractivity contribution in [1.29, 1.82) is 0 Å². The number of halogens is 3. The lowest BCUT2D eigenvalue weighted by Gasteiger charge is -2.39. The Hall–Kier alpha value is -4.03. The van der Waals surface area contributed by atoms with Gasteiger partial charge in [-0.2, -0.15) is 13.2 Å². The van der Waals surface area contributed by atoms with Crippen LogP contribution < -0.4 is 11.1 Å². The molecule has 4 rings (SSSR count). The number of benzene rings is 2. The summed E-state index contributed by atoms with van der Waals surface area (Å²) in [5.74, 6) is -1.22. The Morgan fingerprint density at radius 1 is 0.944 bits per heavy atom. The number of nitrogens with two attached hydrogens (primary N) is 1. The SMILES string of the molecule is NC(=O)c1ccc(-c2ccc(C(=O)N3C[C@H](Nc4cncc(C(F)(F)F)n4)[C@@H](O)[C@@H](O)C3)cc2)cc1. The number of rotatable bonds is 5. The molecule has 1 fully saturated rings. The van der Waals surface area contributed by atoms with E-state index < -0.39 is 41.9 Å². The molecule has 2 heterocycles. The van der Waals surface area contributed by atoms with Crippen LogP contribution in [0.2, 0.25) is 0 Å². The molecule has 36 heavy (non-hydrogen) atoms. The number of aliphatic hydroxyl groups excluding tert-OH is 2. The van der Waals surface area contributed by atoms with E-state index in [1.807, 2.05) is 0 Å². The first kappa shape index (κ1) is 25.1. The third-order valence-electron chi connectivity index (χ3n) is 5.81. The van der Waals surface area contributed by atoms with Crippen LogP contribution in [0.3, 0.4) is 0 Å². The van der Waals surface area contributed by atoms with Crippen LogP contribution in [0.25, 0.3) is 11.1 Å². The number of primary amides is 1. The highest BCUT2D eigenvalue weighted by Gasteiger charge is 2.38. The lowest BCUT2D eigenvalue weighted by molar-refractivity contribution is -0.141. The molecule has 3 atom stereocenters. The zero-order valence-corrected chi connectivity index (χ0v) is 18.7. The second-order valence-electron chi connectivity index (χ2n) is 8.33. The molecule has 1 aromatic heterocycles. The molecule has 9 nitrogen and oxygen atoms in total. The zero-order chi connectivity index (χ0) is 26.0. The predicted octanol–water partition coefficient (Wildman–Crippen LogP) is 1.92. The fourth-order valence-corrected chi connectivity index (χ4v) is 3.90. The Morgan fingerprint density at radius 3 is 2.08 bits per heavy atom. The van der Waals surface area contributed by atoms with Gasteiger partial charge in [0.25, 0.3) is 5.91 Å². The van der Waals surface area contributed by atoms with Crippen LogP contribution >= 0.6 is 0 Å². The molecular formula is C24H22F3N5O4. The number of carbonyl (C=O) groups excluding carboxylic acids is 2. The molecule has 1 aliphatic rings. The number of likely N-dealkylation sites (tertiary alicyclic amines) is 1. The number of amides is 2. The molecule has 0 aliphatic carbocycles. The number of nitrogens with one attached hydrogen (secondary N) is 1. The van der Waals surface area contributed by atoms with Gasteiger partial charge in [0.1, 0.15) is 11.9 Å². The molecule has 188 valence electrons.